The molecule has 0 spiro atoms. The average Bonchev–Trinajstić information content (AvgIpc) is 2.38. The molecule has 0 bridgehead atoms. The fourth-order valence-corrected chi connectivity index (χ4v) is 1.53. The molecule has 18 heavy (non-hydrogen) atoms. The van der Waals surface area contributed by atoms with Gasteiger partial charge in [0, 0.05) is 18.7 Å². The van der Waals surface area contributed by atoms with E-state index >= 15 is 0 Å². The van der Waals surface area contributed by atoms with Crippen LogP contribution in [-0.4, -0.2) is 41.6 Å². The second-order valence-electron chi connectivity index (χ2n) is 3.68. The van der Waals surface area contributed by atoms with Crippen molar-refractivity contribution in [2.75, 3.05) is 19.7 Å². The van der Waals surface area contributed by atoms with Crippen LogP contribution >= 0.6 is 0 Å². The summed E-state index contributed by atoms with van der Waals surface area (Å²) < 4.78 is 4.99. The molecular weight excluding hydrogens is 234 g/mol. The van der Waals surface area contributed by atoms with E-state index in [1.807, 2.05) is 13.8 Å². The van der Waals surface area contributed by atoms with Crippen molar-refractivity contribution in [1.82, 2.24) is 4.90 Å². The van der Waals surface area contributed by atoms with E-state index in [-0.39, 0.29) is 12.5 Å². The van der Waals surface area contributed by atoms with Crippen LogP contribution in [0.5, 0.6) is 5.75 Å². The fourth-order valence-electron chi connectivity index (χ4n) is 1.53. The molecule has 0 fully saturated rings. The van der Waals surface area contributed by atoms with Gasteiger partial charge in [0.15, 0.2) is 6.61 Å². The number of aliphatic carboxylic acids is 1. The predicted molar refractivity (Wildman–Crippen MR) is 66.8 cm³/mol. The van der Waals surface area contributed by atoms with E-state index in [9.17, 15) is 9.59 Å². The molecule has 0 saturated heterocycles. The van der Waals surface area contributed by atoms with Gasteiger partial charge in [-0.2, -0.15) is 0 Å². The Balaban J connectivity index is 2.70. The maximum Gasteiger partial charge on any atom is 0.341 e. The molecule has 5 heteroatoms. The zero-order chi connectivity index (χ0) is 13.5. The fraction of sp³-hybridized carbons (Fsp3) is 0.385. The van der Waals surface area contributed by atoms with Crippen LogP contribution < -0.4 is 4.74 Å². The summed E-state index contributed by atoms with van der Waals surface area (Å²) in [5.74, 6) is -0.628. The van der Waals surface area contributed by atoms with E-state index in [0.717, 1.165) is 0 Å². The third-order valence-electron chi connectivity index (χ3n) is 2.51. The van der Waals surface area contributed by atoms with Crippen molar-refractivity contribution in [2.24, 2.45) is 0 Å². The van der Waals surface area contributed by atoms with E-state index in [1.165, 1.54) is 0 Å². The maximum atomic E-state index is 12.0. The van der Waals surface area contributed by atoms with Crippen LogP contribution in [0.3, 0.4) is 0 Å². The molecule has 0 unspecified atom stereocenters. The Morgan fingerprint density at radius 3 is 2.17 bits per heavy atom. The molecule has 0 radical (unpaired) electrons. The quantitative estimate of drug-likeness (QED) is 0.834. The summed E-state index contributed by atoms with van der Waals surface area (Å²) in [6.45, 7) is 4.78. The lowest BCUT2D eigenvalue weighted by atomic mass is 10.2. The molecule has 0 aliphatic rings. The van der Waals surface area contributed by atoms with E-state index in [1.54, 1.807) is 29.2 Å². The summed E-state index contributed by atoms with van der Waals surface area (Å²) in [4.78, 5) is 24.0. The third-order valence-corrected chi connectivity index (χ3v) is 2.51. The highest BCUT2D eigenvalue weighted by Crippen LogP contribution is 2.13. The van der Waals surface area contributed by atoms with E-state index in [2.05, 4.69) is 0 Å². The zero-order valence-electron chi connectivity index (χ0n) is 10.5. The number of benzene rings is 1. The first kappa shape index (κ1) is 14.0. The number of amides is 1. The number of carbonyl (C=O) groups excluding carboxylic acids is 1. The van der Waals surface area contributed by atoms with Crippen LogP contribution in [0.1, 0.15) is 24.2 Å². The molecule has 0 heterocycles. The SMILES string of the molecule is CCN(CC)C(=O)c1ccc(OCC(=O)O)cc1. The number of carbonyl (C=O) groups is 2. The van der Waals surface area contributed by atoms with Gasteiger partial charge in [0.05, 0.1) is 0 Å². The Labute approximate surface area is 106 Å². The lowest BCUT2D eigenvalue weighted by molar-refractivity contribution is -0.139. The monoisotopic (exact) mass is 251 g/mol. The minimum absolute atomic E-state index is 0.0372. The van der Waals surface area contributed by atoms with Gasteiger partial charge in [-0.1, -0.05) is 0 Å². The standard InChI is InChI=1S/C13H17NO4/c1-3-14(4-2)13(17)10-5-7-11(8-6-10)18-9-12(15)16/h5-8H,3-4,9H2,1-2H3,(H,15,16). The van der Waals surface area contributed by atoms with Gasteiger partial charge >= 0.3 is 5.97 Å². The van der Waals surface area contributed by atoms with Gasteiger partial charge in [0.25, 0.3) is 5.91 Å². The van der Waals surface area contributed by atoms with Gasteiger partial charge in [-0.3, -0.25) is 4.79 Å². The second-order valence-corrected chi connectivity index (χ2v) is 3.68. The highest BCUT2D eigenvalue weighted by molar-refractivity contribution is 5.94. The van der Waals surface area contributed by atoms with Gasteiger partial charge in [-0.15, -0.1) is 0 Å². The lowest BCUT2D eigenvalue weighted by Gasteiger charge is -2.18. The molecule has 1 aromatic carbocycles. The lowest BCUT2D eigenvalue weighted by Crippen LogP contribution is -2.30. The number of hydrogen-bond acceptors (Lipinski definition) is 3. The zero-order valence-corrected chi connectivity index (χ0v) is 10.5. The van der Waals surface area contributed by atoms with Gasteiger partial charge in [0.1, 0.15) is 5.75 Å². The number of ether oxygens (including phenoxy) is 1. The molecule has 0 aromatic heterocycles. The molecule has 0 aliphatic carbocycles. The summed E-state index contributed by atoms with van der Waals surface area (Å²) in [6.07, 6.45) is 0. The van der Waals surface area contributed by atoms with Gasteiger partial charge in [0.2, 0.25) is 0 Å². The van der Waals surface area contributed by atoms with Gasteiger partial charge < -0.3 is 14.7 Å². The Kier molecular flexibility index (Phi) is 5.17. The molecule has 0 saturated carbocycles. The molecule has 1 rings (SSSR count). The van der Waals surface area contributed by atoms with Crippen LogP contribution in [0.4, 0.5) is 0 Å². The summed E-state index contributed by atoms with van der Waals surface area (Å²) in [6, 6.07) is 6.47. The summed E-state index contributed by atoms with van der Waals surface area (Å²) in [5, 5.41) is 8.47. The molecule has 0 aliphatic heterocycles. The Hall–Kier alpha value is -2.04. The first-order valence-electron chi connectivity index (χ1n) is 5.82. The van der Waals surface area contributed by atoms with Crippen molar-refractivity contribution in [2.45, 2.75) is 13.8 Å². The van der Waals surface area contributed by atoms with Crippen molar-refractivity contribution in [3.8, 4) is 5.75 Å². The first-order chi connectivity index (χ1) is 8.58. The highest BCUT2D eigenvalue weighted by Gasteiger charge is 2.12. The summed E-state index contributed by atoms with van der Waals surface area (Å²) in [7, 11) is 0. The van der Waals surface area contributed by atoms with Gasteiger partial charge in [-0.25, -0.2) is 4.79 Å². The normalized spacial score (nSPS) is 9.89. The number of rotatable bonds is 6. The van der Waals surface area contributed by atoms with Crippen molar-refractivity contribution in [1.29, 1.82) is 0 Å². The first-order valence-corrected chi connectivity index (χ1v) is 5.82. The minimum Gasteiger partial charge on any atom is -0.482 e. The third kappa shape index (κ3) is 3.76. The Bertz CT molecular complexity index is 410. The van der Waals surface area contributed by atoms with E-state index < -0.39 is 5.97 Å². The maximum absolute atomic E-state index is 12.0. The van der Waals surface area contributed by atoms with Crippen LogP contribution in [-0.2, 0) is 4.79 Å². The molecular formula is C13H17NO4. The largest absolute Gasteiger partial charge is 0.482 e. The number of nitrogens with zero attached hydrogens (tertiary/aromatic N) is 1. The molecule has 5 nitrogen and oxygen atoms in total. The van der Waals surface area contributed by atoms with Crippen molar-refractivity contribution >= 4 is 11.9 Å². The molecule has 98 valence electrons. The van der Waals surface area contributed by atoms with E-state index in [0.29, 0.717) is 24.4 Å². The molecule has 1 aromatic rings. The van der Waals surface area contributed by atoms with Crippen LogP contribution in [0.15, 0.2) is 24.3 Å². The van der Waals surface area contributed by atoms with Gasteiger partial charge in [-0.05, 0) is 38.1 Å². The van der Waals surface area contributed by atoms with Crippen molar-refractivity contribution in [3.05, 3.63) is 29.8 Å². The number of carboxylic acid groups (broad SMARTS) is 1. The van der Waals surface area contributed by atoms with Crippen LogP contribution in [0.25, 0.3) is 0 Å². The molecule has 1 N–H and O–H groups in total. The van der Waals surface area contributed by atoms with Crippen molar-refractivity contribution in [3.63, 3.8) is 0 Å². The topological polar surface area (TPSA) is 66.8 Å². The average molecular weight is 251 g/mol. The molecule has 0 atom stereocenters. The smallest absolute Gasteiger partial charge is 0.341 e. The predicted octanol–water partition coefficient (Wildman–Crippen LogP) is 1.63. The number of hydrogen-bond donors (Lipinski definition) is 1. The Morgan fingerprint density at radius 2 is 1.72 bits per heavy atom. The van der Waals surface area contributed by atoms with Crippen LogP contribution in [0.2, 0.25) is 0 Å². The summed E-state index contributed by atoms with van der Waals surface area (Å²) >= 11 is 0. The Morgan fingerprint density at radius 1 is 1.17 bits per heavy atom. The summed E-state index contributed by atoms with van der Waals surface area (Å²) in [5.41, 5.74) is 0.571. The number of carboxylic acids is 1. The minimum atomic E-state index is -1.03. The van der Waals surface area contributed by atoms with Crippen molar-refractivity contribution < 1.29 is 19.4 Å². The van der Waals surface area contributed by atoms with E-state index in [4.69, 9.17) is 9.84 Å². The second kappa shape index (κ2) is 6.64. The highest BCUT2D eigenvalue weighted by atomic mass is 16.5. The van der Waals surface area contributed by atoms with Crippen LogP contribution in [0, 0.1) is 0 Å². The molecule has 1 amide bonds.